The lowest BCUT2D eigenvalue weighted by Gasteiger charge is -2.16. The largest absolute Gasteiger partial charge is 0.493 e. The highest BCUT2D eigenvalue weighted by atomic mass is 79.9. The standard InChI is InChI=1S/C20H19BrN2O6S/c1-5-29-19(25)10-6-7-12-14(8-10)30-20(22-12)23-18(24)11-9-13(26-2)16(27-3)17(28-4)15(11)21/h6-9H,5H2,1-4H3,(H,22,23,24). The van der Waals surface area contributed by atoms with Gasteiger partial charge >= 0.3 is 5.97 Å². The average Bonchev–Trinajstić information content (AvgIpc) is 3.14. The normalized spacial score (nSPS) is 10.6. The molecule has 0 atom stereocenters. The molecule has 3 aromatic rings. The Bertz CT molecular complexity index is 1110. The van der Waals surface area contributed by atoms with Crippen molar-refractivity contribution in [3.8, 4) is 17.2 Å². The van der Waals surface area contributed by atoms with E-state index in [1.807, 2.05) is 0 Å². The highest BCUT2D eigenvalue weighted by molar-refractivity contribution is 9.10. The van der Waals surface area contributed by atoms with Crippen molar-refractivity contribution in [3.05, 3.63) is 39.9 Å². The van der Waals surface area contributed by atoms with Gasteiger partial charge in [-0.15, -0.1) is 0 Å². The van der Waals surface area contributed by atoms with Gasteiger partial charge in [-0.05, 0) is 47.1 Å². The number of anilines is 1. The number of halogens is 1. The lowest BCUT2D eigenvalue weighted by Crippen LogP contribution is -2.13. The minimum Gasteiger partial charge on any atom is -0.493 e. The molecule has 0 saturated heterocycles. The van der Waals surface area contributed by atoms with Gasteiger partial charge < -0.3 is 18.9 Å². The Morgan fingerprint density at radius 3 is 2.47 bits per heavy atom. The van der Waals surface area contributed by atoms with Gasteiger partial charge in [-0.1, -0.05) is 11.3 Å². The predicted octanol–water partition coefficient (Wildman–Crippen LogP) is 4.51. The van der Waals surface area contributed by atoms with E-state index in [9.17, 15) is 9.59 Å². The smallest absolute Gasteiger partial charge is 0.338 e. The molecule has 0 saturated carbocycles. The zero-order valence-electron chi connectivity index (χ0n) is 16.7. The molecule has 0 unspecified atom stereocenters. The topological polar surface area (TPSA) is 96.0 Å². The van der Waals surface area contributed by atoms with Crippen LogP contribution in [0.2, 0.25) is 0 Å². The maximum absolute atomic E-state index is 12.9. The number of thiazole rings is 1. The van der Waals surface area contributed by atoms with Gasteiger partial charge in [0, 0.05) is 0 Å². The van der Waals surface area contributed by atoms with Crippen LogP contribution in [-0.4, -0.2) is 44.8 Å². The summed E-state index contributed by atoms with van der Waals surface area (Å²) in [6.45, 7) is 2.04. The fourth-order valence-corrected chi connectivity index (χ4v) is 4.31. The summed E-state index contributed by atoms with van der Waals surface area (Å²) in [6, 6.07) is 6.59. The monoisotopic (exact) mass is 494 g/mol. The van der Waals surface area contributed by atoms with Crippen LogP contribution < -0.4 is 19.5 Å². The van der Waals surface area contributed by atoms with Crippen molar-refractivity contribution >= 4 is 54.5 Å². The Balaban J connectivity index is 1.92. The lowest BCUT2D eigenvalue weighted by atomic mass is 10.1. The summed E-state index contributed by atoms with van der Waals surface area (Å²) in [5, 5.41) is 3.16. The number of methoxy groups -OCH3 is 3. The second kappa shape index (κ2) is 9.31. The second-order valence-corrected chi connectivity index (χ2v) is 7.71. The van der Waals surface area contributed by atoms with E-state index < -0.39 is 11.9 Å². The van der Waals surface area contributed by atoms with Crippen LogP contribution in [0.15, 0.2) is 28.7 Å². The van der Waals surface area contributed by atoms with Crippen LogP contribution in [0.25, 0.3) is 10.2 Å². The zero-order valence-corrected chi connectivity index (χ0v) is 19.1. The summed E-state index contributed by atoms with van der Waals surface area (Å²) in [5.74, 6) is 0.247. The van der Waals surface area contributed by atoms with E-state index in [0.29, 0.717) is 44.5 Å². The van der Waals surface area contributed by atoms with Gasteiger partial charge in [-0.25, -0.2) is 9.78 Å². The summed E-state index contributed by atoms with van der Waals surface area (Å²) in [5.41, 5.74) is 1.38. The van der Waals surface area contributed by atoms with Crippen molar-refractivity contribution in [2.24, 2.45) is 0 Å². The molecule has 0 fully saturated rings. The number of carbonyl (C=O) groups is 2. The van der Waals surface area contributed by atoms with Crippen LogP contribution in [0, 0.1) is 0 Å². The first-order chi connectivity index (χ1) is 14.4. The fraction of sp³-hybridized carbons (Fsp3) is 0.250. The number of hydrogen-bond acceptors (Lipinski definition) is 8. The average molecular weight is 495 g/mol. The Kier molecular flexibility index (Phi) is 6.78. The van der Waals surface area contributed by atoms with E-state index in [-0.39, 0.29) is 5.56 Å². The first-order valence-electron chi connectivity index (χ1n) is 8.81. The lowest BCUT2D eigenvalue weighted by molar-refractivity contribution is 0.0526. The highest BCUT2D eigenvalue weighted by Crippen LogP contribution is 2.45. The summed E-state index contributed by atoms with van der Waals surface area (Å²) >= 11 is 4.65. The third-order valence-electron chi connectivity index (χ3n) is 4.13. The molecule has 1 heterocycles. The number of carbonyl (C=O) groups excluding carboxylic acids is 2. The summed E-state index contributed by atoms with van der Waals surface area (Å²) < 4.78 is 22.2. The number of esters is 1. The molecule has 0 radical (unpaired) electrons. The Labute approximate surface area is 185 Å². The second-order valence-electron chi connectivity index (χ2n) is 5.88. The van der Waals surface area contributed by atoms with Crippen molar-refractivity contribution in [1.82, 2.24) is 4.98 Å². The van der Waals surface area contributed by atoms with E-state index in [1.54, 1.807) is 31.2 Å². The molecule has 3 rings (SSSR count). The molecular weight excluding hydrogens is 476 g/mol. The van der Waals surface area contributed by atoms with E-state index in [0.717, 1.165) is 4.70 Å². The Hall–Kier alpha value is -2.85. The van der Waals surface area contributed by atoms with Crippen LogP contribution in [0.4, 0.5) is 5.13 Å². The summed E-state index contributed by atoms with van der Waals surface area (Å²) in [4.78, 5) is 29.2. The molecule has 158 valence electrons. The quantitative estimate of drug-likeness (QED) is 0.482. The first-order valence-corrected chi connectivity index (χ1v) is 10.4. The molecule has 10 heteroatoms. The summed E-state index contributed by atoms with van der Waals surface area (Å²) in [7, 11) is 4.43. The van der Waals surface area contributed by atoms with Gasteiger partial charge in [-0.3, -0.25) is 10.1 Å². The van der Waals surface area contributed by atoms with Crippen molar-refractivity contribution < 1.29 is 28.5 Å². The highest BCUT2D eigenvalue weighted by Gasteiger charge is 2.23. The van der Waals surface area contributed by atoms with Gasteiger partial charge in [0.05, 0.1) is 53.8 Å². The molecule has 0 bridgehead atoms. The minimum atomic E-state index is -0.411. The molecule has 1 N–H and O–H groups in total. The number of nitrogens with one attached hydrogen (secondary N) is 1. The Morgan fingerprint density at radius 2 is 1.83 bits per heavy atom. The molecule has 0 aliphatic carbocycles. The number of amides is 1. The molecule has 1 amide bonds. The zero-order chi connectivity index (χ0) is 21.8. The number of rotatable bonds is 7. The van der Waals surface area contributed by atoms with Crippen molar-refractivity contribution in [3.63, 3.8) is 0 Å². The van der Waals surface area contributed by atoms with Crippen LogP contribution in [0.3, 0.4) is 0 Å². The van der Waals surface area contributed by atoms with Crippen molar-refractivity contribution in [1.29, 1.82) is 0 Å². The van der Waals surface area contributed by atoms with Gasteiger partial charge in [0.15, 0.2) is 16.6 Å². The maximum atomic E-state index is 12.9. The maximum Gasteiger partial charge on any atom is 0.338 e. The van der Waals surface area contributed by atoms with Gasteiger partial charge in [0.25, 0.3) is 5.91 Å². The van der Waals surface area contributed by atoms with E-state index in [2.05, 4.69) is 26.2 Å². The molecule has 30 heavy (non-hydrogen) atoms. The predicted molar refractivity (Wildman–Crippen MR) is 117 cm³/mol. The molecule has 8 nitrogen and oxygen atoms in total. The van der Waals surface area contributed by atoms with E-state index in [4.69, 9.17) is 18.9 Å². The van der Waals surface area contributed by atoms with Gasteiger partial charge in [-0.2, -0.15) is 0 Å². The fourth-order valence-electron chi connectivity index (χ4n) is 2.77. The third kappa shape index (κ3) is 4.19. The van der Waals surface area contributed by atoms with E-state index in [1.165, 1.54) is 32.7 Å². The Morgan fingerprint density at radius 1 is 1.10 bits per heavy atom. The molecule has 2 aromatic carbocycles. The number of hydrogen-bond donors (Lipinski definition) is 1. The molecule has 0 spiro atoms. The van der Waals surface area contributed by atoms with Crippen LogP contribution >= 0.6 is 27.3 Å². The number of ether oxygens (including phenoxy) is 4. The van der Waals surface area contributed by atoms with Gasteiger partial charge in [0.1, 0.15) is 0 Å². The van der Waals surface area contributed by atoms with Crippen LogP contribution in [-0.2, 0) is 4.74 Å². The number of aromatic nitrogens is 1. The summed E-state index contributed by atoms with van der Waals surface area (Å²) in [6.07, 6.45) is 0. The van der Waals surface area contributed by atoms with Gasteiger partial charge in [0.2, 0.25) is 5.75 Å². The number of benzene rings is 2. The molecule has 0 aliphatic heterocycles. The van der Waals surface area contributed by atoms with Crippen molar-refractivity contribution in [2.75, 3.05) is 33.3 Å². The molecule has 0 aliphatic rings. The minimum absolute atomic E-state index is 0.288. The number of fused-ring (bicyclic) bond motifs is 1. The van der Waals surface area contributed by atoms with Crippen LogP contribution in [0.5, 0.6) is 17.2 Å². The van der Waals surface area contributed by atoms with Crippen LogP contribution in [0.1, 0.15) is 27.6 Å². The van der Waals surface area contributed by atoms with Crippen molar-refractivity contribution in [2.45, 2.75) is 6.92 Å². The first kappa shape index (κ1) is 21.8. The molecular formula is C20H19BrN2O6S. The SMILES string of the molecule is CCOC(=O)c1ccc2nc(NC(=O)c3cc(OC)c(OC)c(OC)c3Br)sc2c1. The number of nitrogens with zero attached hydrogens (tertiary/aromatic N) is 1. The third-order valence-corrected chi connectivity index (χ3v) is 5.85. The van der Waals surface area contributed by atoms with E-state index >= 15 is 0 Å². The molecule has 1 aromatic heterocycles.